The molecule has 2 N–H and O–H groups in total. The summed E-state index contributed by atoms with van der Waals surface area (Å²) in [6, 6.07) is 10.6. The molecule has 2 aliphatic rings. The summed E-state index contributed by atoms with van der Waals surface area (Å²) in [4.78, 5) is 14.9. The van der Waals surface area contributed by atoms with Gasteiger partial charge in [-0.1, -0.05) is 30.3 Å². The number of amides is 1. The number of hydrogen-bond acceptors (Lipinski definition) is 3. The molecule has 1 amide bonds. The molecule has 126 valence electrons. The number of nitrogens with one attached hydrogen (secondary N) is 2. The molecule has 2 atom stereocenters. The van der Waals surface area contributed by atoms with Gasteiger partial charge in [0, 0.05) is 18.5 Å². The maximum atomic E-state index is 12.7. The van der Waals surface area contributed by atoms with E-state index in [4.69, 9.17) is 0 Å². The zero-order valence-corrected chi connectivity index (χ0v) is 14.3. The van der Waals surface area contributed by atoms with E-state index in [0.29, 0.717) is 5.41 Å². The van der Waals surface area contributed by atoms with E-state index in [-0.39, 0.29) is 17.9 Å². The Balaban J connectivity index is 1.58. The van der Waals surface area contributed by atoms with E-state index in [1.165, 1.54) is 5.56 Å². The predicted octanol–water partition coefficient (Wildman–Crippen LogP) is 1.67. The van der Waals surface area contributed by atoms with Crippen LogP contribution in [0.2, 0.25) is 0 Å². The van der Waals surface area contributed by atoms with Crippen molar-refractivity contribution in [3.8, 4) is 0 Å². The lowest BCUT2D eigenvalue weighted by Gasteiger charge is -2.25. The highest BCUT2D eigenvalue weighted by Gasteiger charge is 2.57. The summed E-state index contributed by atoms with van der Waals surface area (Å²) >= 11 is 0. The molecular weight excluding hydrogens is 286 g/mol. The van der Waals surface area contributed by atoms with Gasteiger partial charge in [0.1, 0.15) is 0 Å². The average molecular weight is 315 g/mol. The van der Waals surface area contributed by atoms with Gasteiger partial charge < -0.3 is 15.5 Å². The molecule has 1 aromatic rings. The SMILES string of the molecule is CN(C)CC(Cc1ccccc1)NC(=O)C1CC12CCNCC2. The highest BCUT2D eigenvalue weighted by molar-refractivity contribution is 5.83. The number of rotatable bonds is 6. The lowest BCUT2D eigenvalue weighted by Crippen LogP contribution is -2.44. The van der Waals surface area contributed by atoms with Gasteiger partial charge in [0.2, 0.25) is 5.91 Å². The summed E-state index contributed by atoms with van der Waals surface area (Å²) in [7, 11) is 4.13. The van der Waals surface area contributed by atoms with E-state index >= 15 is 0 Å². The van der Waals surface area contributed by atoms with Crippen molar-refractivity contribution < 1.29 is 4.79 Å². The second-order valence-corrected chi connectivity index (χ2v) is 7.53. The van der Waals surface area contributed by atoms with Crippen LogP contribution in [0, 0.1) is 11.3 Å². The minimum atomic E-state index is 0.180. The van der Waals surface area contributed by atoms with Crippen LogP contribution in [0.4, 0.5) is 0 Å². The number of carbonyl (C=O) groups excluding carboxylic acids is 1. The van der Waals surface area contributed by atoms with Crippen LogP contribution < -0.4 is 10.6 Å². The van der Waals surface area contributed by atoms with Gasteiger partial charge in [0.05, 0.1) is 0 Å². The third kappa shape index (κ3) is 4.12. The smallest absolute Gasteiger partial charge is 0.223 e. The molecule has 2 fully saturated rings. The highest BCUT2D eigenvalue weighted by atomic mass is 16.2. The van der Waals surface area contributed by atoms with Gasteiger partial charge in [-0.25, -0.2) is 0 Å². The molecule has 0 aromatic heterocycles. The lowest BCUT2D eigenvalue weighted by molar-refractivity contribution is -0.124. The van der Waals surface area contributed by atoms with E-state index in [1.807, 2.05) is 6.07 Å². The van der Waals surface area contributed by atoms with Gasteiger partial charge in [0.25, 0.3) is 0 Å². The van der Waals surface area contributed by atoms with E-state index in [0.717, 1.165) is 45.3 Å². The molecule has 1 spiro atoms. The molecule has 1 saturated carbocycles. The first-order chi connectivity index (χ1) is 11.1. The average Bonchev–Trinajstić information content (AvgIpc) is 3.21. The molecule has 1 saturated heterocycles. The minimum absolute atomic E-state index is 0.180. The largest absolute Gasteiger partial charge is 0.351 e. The van der Waals surface area contributed by atoms with Gasteiger partial charge in [0.15, 0.2) is 0 Å². The predicted molar refractivity (Wildman–Crippen MR) is 93.3 cm³/mol. The maximum Gasteiger partial charge on any atom is 0.223 e. The van der Waals surface area contributed by atoms with E-state index in [1.54, 1.807) is 0 Å². The summed E-state index contributed by atoms with van der Waals surface area (Å²) in [5, 5.41) is 6.73. The topological polar surface area (TPSA) is 44.4 Å². The Morgan fingerprint density at radius 3 is 2.65 bits per heavy atom. The quantitative estimate of drug-likeness (QED) is 0.839. The Bertz CT molecular complexity index is 523. The third-order valence-corrected chi connectivity index (χ3v) is 5.36. The number of benzene rings is 1. The summed E-state index contributed by atoms with van der Waals surface area (Å²) < 4.78 is 0. The van der Waals surface area contributed by atoms with E-state index < -0.39 is 0 Å². The maximum absolute atomic E-state index is 12.7. The van der Waals surface area contributed by atoms with Crippen molar-refractivity contribution in [2.75, 3.05) is 33.7 Å². The molecule has 1 aliphatic heterocycles. The zero-order chi connectivity index (χ0) is 16.3. The van der Waals surface area contributed by atoms with Crippen LogP contribution in [0.1, 0.15) is 24.8 Å². The summed E-state index contributed by atoms with van der Waals surface area (Å²) in [5.41, 5.74) is 1.59. The third-order valence-electron chi connectivity index (χ3n) is 5.36. The van der Waals surface area contributed by atoms with Gasteiger partial charge in [-0.05, 0) is 63.8 Å². The molecule has 1 aromatic carbocycles. The van der Waals surface area contributed by atoms with E-state index in [9.17, 15) is 4.79 Å². The van der Waals surface area contributed by atoms with Crippen LogP contribution in [-0.4, -0.2) is 50.6 Å². The van der Waals surface area contributed by atoms with Crippen LogP contribution in [0.3, 0.4) is 0 Å². The molecule has 2 unspecified atom stereocenters. The molecule has 23 heavy (non-hydrogen) atoms. The van der Waals surface area contributed by atoms with E-state index in [2.05, 4.69) is 53.9 Å². The first-order valence-electron chi connectivity index (χ1n) is 8.79. The fraction of sp³-hybridized carbons (Fsp3) is 0.632. The Labute approximate surface area is 139 Å². The number of nitrogens with zero attached hydrogens (tertiary/aromatic N) is 1. The standard InChI is InChI=1S/C19H29N3O/c1-22(2)14-16(12-15-6-4-3-5-7-15)21-18(23)17-13-19(17)8-10-20-11-9-19/h3-7,16-17,20H,8-14H2,1-2H3,(H,21,23). The molecule has 1 aliphatic carbocycles. The van der Waals surface area contributed by atoms with Crippen molar-refractivity contribution in [1.82, 2.24) is 15.5 Å². The summed E-state index contributed by atoms with van der Waals surface area (Å²) in [6.07, 6.45) is 4.29. The molecule has 1 heterocycles. The Morgan fingerprint density at radius 2 is 2.00 bits per heavy atom. The van der Waals surface area contributed by atoms with Crippen LogP contribution in [0.15, 0.2) is 30.3 Å². The van der Waals surface area contributed by atoms with Crippen LogP contribution in [-0.2, 0) is 11.2 Å². The number of carbonyl (C=O) groups is 1. The molecule has 0 radical (unpaired) electrons. The normalized spacial score (nSPS) is 23.7. The molecule has 3 rings (SSSR count). The molecule has 4 heteroatoms. The first-order valence-corrected chi connectivity index (χ1v) is 8.79. The fourth-order valence-electron chi connectivity index (χ4n) is 4.00. The number of hydrogen-bond donors (Lipinski definition) is 2. The fourth-order valence-corrected chi connectivity index (χ4v) is 4.00. The van der Waals surface area contributed by atoms with Crippen molar-refractivity contribution in [3.63, 3.8) is 0 Å². The van der Waals surface area contributed by atoms with Gasteiger partial charge in [-0.2, -0.15) is 0 Å². The van der Waals surface area contributed by atoms with Gasteiger partial charge in [-0.3, -0.25) is 4.79 Å². The van der Waals surface area contributed by atoms with Crippen molar-refractivity contribution in [2.45, 2.75) is 31.7 Å². The molecule has 4 nitrogen and oxygen atoms in total. The number of likely N-dealkylation sites (N-methyl/N-ethyl adjacent to an activating group) is 1. The minimum Gasteiger partial charge on any atom is -0.351 e. The van der Waals surface area contributed by atoms with Crippen molar-refractivity contribution in [3.05, 3.63) is 35.9 Å². The van der Waals surface area contributed by atoms with Crippen LogP contribution in [0.25, 0.3) is 0 Å². The second-order valence-electron chi connectivity index (χ2n) is 7.53. The highest BCUT2D eigenvalue weighted by Crippen LogP contribution is 2.58. The van der Waals surface area contributed by atoms with Crippen molar-refractivity contribution >= 4 is 5.91 Å². The molecular formula is C19H29N3O. The Kier molecular flexibility index (Phi) is 5.02. The summed E-state index contributed by atoms with van der Waals surface area (Å²) in [5.74, 6) is 0.514. The molecule has 0 bridgehead atoms. The van der Waals surface area contributed by atoms with Crippen molar-refractivity contribution in [1.29, 1.82) is 0 Å². The zero-order valence-electron chi connectivity index (χ0n) is 14.3. The summed E-state index contributed by atoms with van der Waals surface area (Å²) in [6.45, 7) is 3.01. The second kappa shape index (κ2) is 7.02. The first kappa shape index (κ1) is 16.5. The monoisotopic (exact) mass is 315 g/mol. The Hall–Kier alpha value is -1.39. The lowest BCUT2D eigenvalue weighted by atomic mass is 9.91. The van der Waals surface area contributed by atoms with Gasteiger partial charge >= 0.3 is 0 Å². The van der Waals surface area contributed by atoms with Crippen LogP contribution in [0.5, 0.6) is 0 Å². The van der Waals surface area contributed by atoms with Crippen molar-refractivity contribution in [2.24, 2.45) is 11.3 Å². The van der Waals surface area contributed by atoms with Gasteiger partial charge in [-0.15, -0.1) is 0 Å². The Morgan fingerprint density at radius 1 is 1.30 bits per heavy atom. The van der Waals surface area contributed by atoms with Crippen LogP contribution >= 0.6 is 0 Å². The number of piperidine rings is 1.